The summed E-state index contributed by atoms with van der Waals surface area (Å²) in [6.07, 6.45) is 3.44. The second-order valence-corrected chi connectivity index (χ2v) is 6.09. The van der Waals surface area contributed by atoms with Gasteiger partial charge in [0, 0.05) is 24.2 Å². The molecule has 2 rings (SSSR count). The Morgan fingerprint density at radius 3 is 2.81 bits per heavy atom. The summed E-state index contributed by atoms with van der Waals surface area (Å²) in [5.74, 6) is 0.125. The van der Waals surface area contributed by atoms with E-state index in [1.54, 1.807) is 6.07 Å². The minimum atomic E-state index is -0.152. The molecule has 1 aromatic carbocycles. The third kappa shape index (κ3) is 4.02. The Kier molecular flexibility index (Phi) is 6.15. The highest BCUT2D eigenvalue weighted by Gasteiger charge is 2.27. The van der Waals surface area contributed by atoms with E-state index in [9.17, 15) is 9.50 Å². The fraction of sp³-hybridized carbons (Fsp3) is 0.647. The molecule has 1 saturated heterocycles. The lowest BCUT2D eigenvalue weighted by Crippen LogP contribution is -2.45. The maximum absolute atomic E-state index is 14.0. The highest BCUT2D eigenvalue weighted by Crippen LogP contribution is 2.27. The van der Waals surface area contributed by atoms with Crippen molar-refractivity contribution in [3.63, 3.8) is 0 Å². The molecule has 0 aliphatic carbocycles. The van der Waals surface area contributed by atoms with E-state index in [0.717, 1.165) is 25.1 Å². The smallest absolute Gasteiger partial charge is 0.127 e. The number of nitrogens with one attached hydrogen (secondary N) is 1. The van der Waals surface area contributed by atoms with E-state index in [0.29, 0.717) is 0 Å². The lowest BCUT2D eigenvalue weighted by atomic mass is 9.92. The Bertz CT molecular complexity index is 441. The summed E-state index contributed by atoms with van der Waals surface area (Å²) >= 11 is 0. The zero-order valence-electron chi connectivity index (χ0n) is 13.1. The van der Waals surface area contributed by atoms with Gasteiger partial charge < -0.3 is 10.4 Å². The maximum atomic E-state index is 14.0. The minimum absolute atomic E-state index is 0.00697. The molecule has 3 unspecified atom stereocenters. The normalized spacial score (nSPS) is 23.0. The molecule has 4 heteroatoms. The Morgan fingerprint density at radius 2 is 2.14 bits per heavy atom. The zero-order valence-corrected chi connectivity index (χ0v) is 13.1. The first-order valence-electron chi connectivity index (χ1n) is 7.94. The molecule has 0 aromatic heterocycles. The average molecular weight is 294 g/mol. The highest BCUT2D eigenvalue weighted by atomic mass is 19.1. The summed E-state index contributed by atoms with van der Waals surface area (Å²) in [4.78, 5) is 2.36. The third-order valence-electron chi connectivity index (χ3n) is 4.60. The number of aliphatic hydroxyl groups excluding tert-OH is 1. The standard InChI is InChI=1S/C17H27FN2O/c1-13(11-20-10-6-5-7-14(20)12-21)17(19-2)15-8-3-4-9-16(15)18/h3-4,8-9,13-14,17,19,21H,5-7,10-12H2,1-2H3. The number of benzene rings is 1. The van der Waals surface area contributed by atoms with Crippen LogP contribution in [0, 0.1) is 11.7 Å². The molecule has 2 N–H and O–H groups in total. The van der Waals surface area contributed by atoms with Gasteiger partial charge in [-0.1, -0.05) is 31.5 Å². The van der Waals surface area contributed by atoms with Crippen molar-refractivity contribution in [1.29, 1.82) is 0 Å². The molecule has 0 radical (unpaired) electrons. The summed E-state index contributed by atoms with van der Waals surface area (Å²) in [6.45, 7) is 4.28. The van der Waals surface area contributed by atoms with Crippen LogP contribution in [-0.2, 0) is 0 Å². The first kappa shape index (κ1) is 16.4. The second kappa shape index (κ2) is 7.87. The van der Waals surface area contributed by atoms with E-state index in [4.69, 9.17) is 0 Å². The summed E-state index contributed by atoms with van der Waals surface area (Å²) in [5.41, 5.74) is 0.727. The molecule has 1 aliphatic heterocycles. The van der Waals surface area contributed by atoms with E-state index >= 15 is 0 Å². The number of hydrogen-bond donors (Lipinski definition) is 2. The molecule has 21 heavy (non-hydrogen) atoms. The third-order valence-corrected chi connectivity index (χ3v) is 4.60. The fourth-order valence-corrected chi connectivity index (χ4v) is 3.46. The lowest BCUT2D eigenvalue weighted by Gasteiger charge is -2.38. The quantitative estimate of drug-likeness (QED) is 0.846. The van der Waals surface area contributed by atoms with Crippen LogP contribution >= 0.6 is 0 Å². The van der Waals surface area contributed by atoms with E-state index < -0.39 is 0 Å². The molecule has 1 fully saturated rings. The Labute approximate surface area is 127 Å². The monoisotopic (exact) mass is 294 g/mol. The molecule has 0 bridgehead atoms. The predicted molar refractivity (Wildman–Crippen MR) is 83.7 cm³/mol. The Balaban J connectivity index is 2.06. The van der Waals surface area contributed by atoms with Gasteiger partial charge in [-0.3, -0.25) is 4.90 Å². The van der Waals surface area contributed by atoms with Gasteiger partial charge in [-0.25, -0.2) is 4.39 Å². The number of aliphatic hydroxyl groups is 1. The molecule has 0 saturated carbocycles. The first-order chi connectivity index (χ1) is 10.2. The molecule has 1 aliphatic rings. The number of halogens is 1. The first-order valence-corrected chi connectivity index (χ1v) is 7.94. The van der Waals surface area contributed by atoms with Crippen LogP contribution < -0.4 is 5.32 Å². The summed E-state index contributed by atoms with van der Waals surface area (Å²) in [6, 6.07) is 7.23. The van der Waals surface area contributed by atoms with Crippen molar-refractivity contribution in [2.45, 2.75) is 38.3 Å². The summed E-state index contributed by atoms with van der Waals surface area (Å²) in [7, 11) is 1.88. The summed E-state index contributed by atoms with van der Waals surface area (Å²) < 4.78 is 14.0. The van der Waals surface area contributed by atoms with Gasteiger partial charge in [0.2, 0.25) is 0 Å². The van der Waals surface area contributed by atoms with Gasteiger partial charge in [0.1, 0.15) is 5.82 Å². The highest BCUT2D eigenvalue weighted by molar-refractivity contribution is 5.21. The van der Waals surface area contributed by atoms with Gasteiger partial charge in [0.05, 0.1) is 6.61 Å². The van der Waals surface area contributed by atoms with Crippen LogP contribution in [0.5, 0.6) is 0 Å². The Morgan fingerprint density at radius 1 is 1.38 bits per heavy atom. The molecular formula is C17H27FN2O. The molecule has 0 spiro atoms. The summed E-state index contributed by atoms with van der Waals surface area (Å²) in [5, 5.41) is 12.8. The minimum Gasteiger partial charge on any atom is -0.395 e. The molecule has 1 heterocycles. The molecule has 3 nitrogen and oxygen atoms in total. The largest absolute Gasteiger partial charge is 0.395 e. The van der Waals surface area contributed by atoms with Gasteiger partial charge in [-0.05, 0) is 38.4 Å². The van der Waals surface area contributed by atoms with Crippen molar-refractivity contribution < 1.29 is 9.50 Å². The molecular weight excluding hydrogens is 267 g/mol. The predicted octanol–water partition coefficient (Wildman–Crippen LogP) is 2.57. The average Bonchev–Trinajstić information content (AvgIpc) is 2.50. The fourth-order valence-electron chi connectivity index (χ4n) is 3.46. The molecule has 118 valence electrons. The van der Waals surface area contributed by atoms with E-state index in [1.807, 2.05) is 19.2 Å². The van der Waals surface area contributed by atoms with Gasteiger partial charge in [-0.2, -0.15) is 0 Å². The van der Waals surface area contributed by atoms with Crippen molar-refractivity contribution in [2.24, 2.45) is 5.92 Å². The van der Waals surface area contributed by atoms with E-state index in [-0.39, 0.29) is 30.4 Å². The van der Waals surface area contributed by atoms with Crippen LogP contribution in [0.1, 0.15) is 37.8 Å². The van der Waals surface area contributed by atoms with E-state index in [1.165, 1.54) is 18.9 Å². The SMILES string of the molecule is CNC(c1ccccc1F)C(C)CN1CCCCC1CO. The number of rotatable bonds is 6. The lowest BCUT2D eigenvalue weighted by molar-refractivity contribution is 0.0725. The van der Waals surface area contributed by atoms with Gasteiger partial charge >= 0.3 is 0 Å². The molecule has 0 amide bonds. The van der Waals surface area contributed by atoms with Gasteiger partial charge in [0.15, 0.2) is 0 Å². The van der Waals surface area contributed by atoms with Crippen molar-refractivity contribution in [2.75, 3.05) is 26.7 Å². The van der Waals surface area contributed by atoms with Crippen molar-refractivity contribution in [3.8, 4) is 0 Å². The van der Waals surface area contributed by atoms with Crippen molar-refractivity contribution >= 4 is 0 Å². The molecule has 1 aromatic rings. The topological polar surface area (TPSA) is 35.5 Å². The van der Waals surface area contributed by atoms with Crippen LogP contribution in [0.2, 0.25) is 0 Å². The zero-order chi connectivity index (χ0) is 15.2. The van der Waals surface area contributed by atoms with Crippen LogP contribution in [-0.4, -0.2) is 42.8 Å². The van der Waals surface area contributed by atoms with Crippen LogP contribution in [0.25, 0.3) is 0 Å². The number of piperidine rings is 1. The van der Waals surface area contributed by atoms with Crippen LogP contribution in [0.15, 0.2) is 24.3 Å². The Hall–Kier alpha value is -0.970. The number of hydrogen-bond acceptors (Lipinski definition) is 3. The second-order valence-electron chi connectivity index (χ2n) is 6.09. The van der Waals surface area contributed by atoms with Crippen LogP contribution in [0.3, 0.4) is 0 Å². The van der Waals surface area contributed by atoms with Gasteiger partial charge in [-0.15, -0.1) is 0 Å². The molecule has 3 atom stereocenters. The number of likely N-dealkylation sites (tertiary alicyclic amines) is 1. The van der Waals surface area contributed by atoms with Crippen molar-refractivity contribution in [1.82, 2.24) is 10.2 Å². The van der Waals surface area contributed by atoms with Crippen molar-refractivity contribution in [3.05, 3.63) is 35.6 Å². The number of nitrogens with zero attached hydrogens (tertiary/aromatic N) is 1. The van der Waals surface area contributed by atoms with Crippen LogP contribution in [0.4, 0.5) is 4.39 Å². The maximum Gasteiger partial charge on any atom is 0.127 e. The van der Waals surface area contributed by atoms with E-state index in [2.05, 4.69) is 17.1 Å². The van der Waals surface area contributed by atoms with Gasteiger partial charge in [0.25, 0.3) is 0 Å².